The summed E-state index contributed by atoms with van der Waals surface area (Å²) in [5, 5.41) is 12.9. The van der Waals surface area contributed by atoms with E-state index < -0.39 is 0 Å². The molecule has 3 aromatic rings. The molecule has 0 bridgehead atoms. The molecule has 2 aromatic heterocycles. The molecular formula is C19H20N4O2S. The van der Waals surface area contributed by atoms with Crippen molar-refractivity contribution >= 4 is 22.7 Å². The molecule has 0 saturated carbocycles. The van der Waals surface area contributed by atoms with Crippen molar-refractivity contribution in [2.75, 3.05) is 0 Å². The molecule has 0 spiro atoms. The first-order valence-corrected chi connectivity index (χ1v) is 9.30. The molecule has 0 aliphatic carbocycles. The molecule has 2 heterocycles. The second kappa shape index (κ2) is 8.05. The second-order valence-electron chi connectivity index (χ2n) is 6.36. The number of rotatable bonds is 6. The van der Waals surface area contributed by atoms with E-state index in [0.717, 1.165) is 34.7 Å². The summed E-state index contributed by atoms with van der Waals surface area (Å²) in [5.41, 5.74) is 2.87. The Hall–Kier alpha value is -2.80. The van der Waals surface area contributed by atoms with Gasteiger partial charge in [0.25, 0.3) is 5.69 Å². The topological polar surface area (TPSA) is 73.3 Å². The van der Waals surface area contributed by atoms with Crippen molar-refractivity contribution in [1.82, 2.24) is 9.55 Å². The van der Waals surface area contributed by atoms with Gasteiger partial charge in [-0.3, -0.25) is 15.1 Å². The zero-order chi connectivity index (χ0) is 18.5. The number of aromatic nitrogens is 2. The molecule has 0 amide bonds. The van der Waals surface area contributed by atoms with E-state index in [9.17, 15) is 10.1 Å². The minimum Gasteiger partial charge on any atom is -0.316 e. The molecule has 0 aliphatic rings. The normalized spacial score (nSPS) is 11.9. The number of non-ortho nitro benzene ring substituents is 1. The second-order valence-corrected chi connectivity index (χ2v) is 7.20. The van der Waals surface area contributed by atoms with E-state index in [0.29, 0.717) is 5.92 Å². The van der Waals surface area contributed by atoms with E-state index in [1.165, 1.54) is 12.1 Å². The van der Waals surface area contributed by atoms with Gasteiger partial charge in [-0.05, 0) is 42.2 Å². The SMILES string of the molecule is CC(C)CCn1c(-c2ccc([N+](=O)[O-])cc2)csc1=Nc1cccnc1. The standard InChI is InChI=1S/C19H20N4O2S/c1-14(2)9-11-22-18(15-5-7-17(8-6-15)23(24)25)13-26-19(22)21-16-4-3-10-20-12-16/h3-8,10,12-14H,9,11H2,1-2H3. The number of benzene rings is 1. The van der Waals surface area contributed by atoms with Crippen LogP contribution in [-0.4, -0.2) is 14.5 Å². The van der Waals surface area contributed by atoms with Gasteiger partial charge in [-0.1, -0.05) is 13.8 Å². The number of nitro groups is 1. The number of nitro benzene ring substituents is 1. The monoisotopic (exact) mass is 368 g/mol. The van der Waals surface area contributed by atoms with E-state index in [2.05, 4.69) is 28.8 Å². The van der Waals surface area contributed by atoms with Gasteiger partial charge in [-0.2, -0.15) is 0 Å². The van der Waals surface area contributed by atoms with Crippen LogP contribution in [0.4, 0.5) is 11.4 Å². The van der Waals surface area contributed by atoms with Crippen molar-refractivity contribution in [2.45, 2.75) is 26.8 Å². The van der Waals surface area contributed by atoms with Gasteiger partial charge in [0.2, 0.25) is 0 Å². The van der Waals surface area contributed by atoms with Crippen LogP contribution in [-0.2, 0) is 6.54 Å². The van der Waals surface area contributed by atoms with Gasteiger partial charge in [0.05, 0.1) is 22.5 Å². The Morgan fingerprint density at radius 2 is 2.04 bits per heavy atom. The summed E-state index contributed by atoms with van der Waals surface area (Å²) in [4.78, 5) is 20.2. The van der Waals surface area contributed by atoms with Gasteiger partial charge in [-0.25, -0.2) is 4.99 Å². The van der Waals surface area contributed by atoms with Gasteiger partial charge in [-0.15, -0.1) is 11.3 Å². The number of nitrogens with zero attached hydrogens (tertiary/aromatic N) is 4. The molecule has 0 aliphatic heterocycles. The summed E-state index contributed by atoms with van der Waals surface area (Å²) in [7, 11) is 0. The van der Waals surface area contributed by atoms with Crippen molar-refractivity contribution in [3.8, 4) is 11.3 Å². The van der Waals surface area contributed by atoms with Crippen LogP contribution in [0.1, 0.15) is 20.3 Å². The van der Waals surface area contributed by atoms with E-state index >= 15 is 0 Å². The van der Waals surface area contributed by atoms with Crippen LogP contribution in [0.5, 0.6) is 0 Å². The first kappa shape index (κ1) is 18.0. The van der Waals surface area contributed by atoms with Crippen molar-refractivity contribution in [3.63, 3.8) is 0 Å². The van der Waals surface area contributed by atoms with E-state index in [4.69, 9.17) is 4.99 Å². The van der Waals surface area contributed by atoms with E-state index in [-0.39, 0.29) is 10.6 Å². The van der Waals surface area contributed by atoms with Crippen LogP contribution in [0, 0.1) is 16.0 Å². The molecule has 0 fully saturated rings. The minimum atomic E-state index is -0.382. The van der Waals surface area contributed by atoms with Crippen LogP contribution in [0.3, 0.4) is 0 Å². The summed E-state index contributed by atoms with van der Waals surface area (Å²) in [6.07, 6.45) is 4.48. The highest BCUT2D eigenvalue weighted by Crippen LogP contribution is 2.24. The van der Waals surface area contributed by atoms with Crippen LogP contribution in [0.25, 0.3) is 11.3 Å². The van der Waals surface area contributed by atoms with Crippen LogP contribution >= 0.6 is 11.3 Å². The molecule has 134 valence electrons. The fourth-order valence-corrected chi connectivity index (χ4v) is 3.49. The summed E-state index contributed by atoms with van der Waals surface area (Å²) < 4.78 is 2.18. The quantitative estimate of drug-likeness (QED) is 0.463. The predicted octanol–water partition coefficient (Wildman–Crippen LogP) is 4.80. The Morgan fingerprint density at radius 3 is 2.65 bits per heavy atom. The minimum absolute atomic E-state index is 0.0954. The van der Waals surface area contributed by atoms with E-state index in [1.807, 2.05) is 12.1 Å². The molecule has 1 aromatic carbocycles. The first-order valence-electron chi connectivity index (χ1n) is 8.42. The highest BCUT2D eigenvalue weighted by atomic mass is 32.1. The maximum Gasteiger partial charge on any atom is 0.269 e. The largest absolute Gasteiger partial charge is 0.316 e. The van der Waals surface area contributed by atoms with Gasteiger partial charge < -0.3 is 4.57 Å². The lowest BCUT2D eigenvalue weighted by Gasteiger charge is -2.11. The Bertz CT molecular complexity index is 944. The zero-order valence-electron chi connectivity index (χ0n) is 14.7. The van der Waals surface area contributed by atoms with Crippen molar-refractivity contribution in [3.05, 3.63) is 69.1 Å². The highest BCUT2D eigenvalue weighted by Gasteiger charge is 2.11. The third-order valence-corrected chi connectivity index (χ3v) is 4.84. The van der Waals surface area contributed by atoms with Crippen molar-refractivity contribution in [1.29, 1.82) is 0 Å². The van der Waals surface area contributed by atoms with Gasteiger partial charge in [0, 0.05) is 30.3 Å². The molecule has 0 N–H and O–H groups in total. The fourth-order valence-electron chi connectivity index (χ4n) is 2.54. The Morgan fingerprint density at radius 1 is 1.27 bits per heavy atom. The highest BCUT2D eigenvalue weighted by molar-refractivity contribution is 7.07. The summed E-state index contributed by atoms with van der Waals surface area (Å²) in [6.45, 7) is 5.22. The summed E-state index contributed by atoms with van der Waals surface area (Å²) in [5.74, 6) is 0.568. The average Bonchev–Trinajstić information content (AvgIpc) is 3.03. The number of hydrogen-bond donors (Lipinski definition) is 0. The molecule has 6 nitrogen and oxygen atoms in total. The first-order chi connectivity index (χ1) is 12.5. The smallest absolute Gasteiger partial charge is 0.269 e. The third-order valence-electron chi connectivity index (χ3n) is 3.97. The van der Waals surface area contributed by atoms with Crippen LogP contribution < -0.4 is 4.80 Å². The lowest BCUT2D eigenvalue weighted by molar-refractivity contribution is -0.384. The molecule has 26 heavy (non-hydrogen) atoms. The molecule has 3 rings (SSSR count). The molecular weight excluding hydrogens is 348 g/mol. The lowest BCUT2D eigenvalue weighted by atomic mass is 10.1. The van der Waals surface area contributed by atoms with Gasteiger partial charge >= 0.3 is 0 Å². The Balaban J connectivity index is 2.04. The Kier molecular flexibility index (Phi) is 5.58. The maximum absolute atomic E-state index is 10.9. The zero-order valence-corrected chi connectivity index (χ0v) is 15.5. The molecule has 0 saturated heterocycles. The molecule has 0 unspecified atom stereocenters. The Labute approximate surface area is 155 Å². The number of thiazole rings is 1. The summed E-state index contributed by atoms with van der Waals surface area (Å²) >= 11 is 1.56. The van der Waals surface area contributed by atoms with E-state index in [1.54, 1.807) is 35.9 Å². The van der Waals surface area contributed by atoms with Crippen molar-refractivity contribution in [2.24, 2.45) is 10.9 Å². The number of hydrogen-bond acceptors (Lipinski definition) is 5. The molecule has 0 atom stereocenters. The lowest BCUT2D eigenvalue weighted by Crippen LogP contribution is -2.17. The molecule has 0 radical (unpaired) electrons. The maximum atomic E-state index is 10.9. The van der Waals surface area contributed by atoms with Crippen molar-refractivity contribution < 1.29 is 4.92 Å². The van der Waals surface area contributed by atoms with Crippen LogP contribution in [0.15, 0.2) is 59.2 Å². The number of pyridine rings is 1. The summed E-state index contributed by atoms with van der Waals surface area (Å²) in [6, 6.07) is 10.4. The van der Waals surface area contributed by atoms with Crippen LogP contribution in [0.2, 0.25) is 0 Å². The third kappa shape index (κ3) is 4.23. The van der Waals surface area contributed by atoms with Gasteiger partial charge in [0.1, 0.15) is 0 Å². The predicted molar refractivity (Wildman–Crippen MR) is 103 cm³/mol. The average molecular weight is 368 g/mol. The molecule has 7 heteroatoms. The fraction of sp³-hybridized carbons (Fsp3) is 0.263. The van der Waals surface area contributed by atoms with Gasteiger partial charge in [0.15, 0.2) is 4.80 Å².